The Hall–Kier alpha value is -2.64. The van der Waals surface area contributed by atoms with Crippen molar-refractivity contribution in [3.05, 3.63) is 71.4 Å². The van der Waals surface area contributed by atoms with Gasteiger partial charge in [-0.25, -0.2) is 9.18 Å². The lowest BCUT2D eigenvalue weighted by Gasteiger charge is -2.06. The molecule has 28 heavy (non-hydrogen) atoms. The molecule has 2 aromatic carbocycles. The fourth-order valence-corrected chi connectivity index (χ4v) is 4.15. The second-order valence-corrected chi connectivity index (χ2v) is 7.83. The van der Waals surface area contributed by atoms with Gasteiger partial charge in [0, 0.05) is 9.77 Å². The van der Waals surface area contributed by atoms with Crippen molar-refractivity contribution in [1.29, 1.82) is 0 Å². The van der Waals surface area contributed by atoms with E-state index in [0.29, 0.717) is 10.6 Å². The van der Waals surface area contributed by atoms with Gasteiger partial charge in [0.1, 0.15) is 10.7 Å². The maximum Gasteiger partial charge on any atom is 0.350 e. The number of hydrogen-bond acceptors (Lipinski definition) is 5. The Balaban J connectivity index is 1.75. The molecule has 1 amide bonds. The summed E-state index contributed by atoms with van der Waals surface area (Å²) in [5, 5.41) is 2.80. The van der Waals surface area contributed by atoms with Gasteiger partial charge in [-0.1, -0.05) is 30.3 Å². The normalized spacial score (nSPS) is 10.5. The third-order valence-electron chi connectivity index (χ3n) is 3.71. The summed E-state index contributed by atoms with van der Waals surface area (Å²) < 4.78 is 18.1. The summed E-state index contributed by atoms with van der Waals surface area (Å²) in [4.78, 5) is 26.7. The molecule has 0 unspecified atom stereocenters. The number of thiophene rings is 1. The van der Waals surface area contributed by atoms with Crippen LogP contribution in [-0.2, 0) is 9.53 Å². The fourth-order valence-electron chi connectivity index (χ4n) is 2.44. The Morgan fingerprint density at radius 1 is 1.11 bits per heavy atom. The zero-order valence-electron chi connectivity index (χ0n) is 15.1. The van der Waals surface area contributed by atoms with Crippen molar-refractivity contribution < 1.29 is 18.7 Å². The summed E-state index contributed by atoms with van der Waals surface area (Å²) in [5.74, 6) is -0.891. The van der Waals surface area contributed by atoms with E-state index in [0.717, 1.165) is 15.3 Å². The van der Waals surface area contributed by atoms with E-state index in [2.05, 4.69) is 5.32 Å². The minimum absolute atomic E-state index is 0.143. The van der Waals surface area contributed by atoms with Gasteiger partial charge in [0.15, 0.2) is 0 Å². The van der Waals surface area contributed by atoms with Gasteiger partial charge < -0.3 is 10.1 Å². The van der Waals surface area contributed by atoms with E-state index in [1.54, 1.807) is 25.1 Å². The number of benzene rings is 2. The van der Waals surface area contributed by atoms with Crippen LogP contribution in [0.3, 0.4) is 0 Å². The number of esters is 1. The molecule has 0 saturated heterocycles. The smallest absolute Gasteiger partial charge is 0.350 e. The largest absolute Gasteiger partial charge is 0.462 e. The molecule has 3 aromatic rings. The zero-order chi connectivity index (χ0) is 19.9. The van der Waals surface area contributed by atoms with Crippen molar-refractivity contribution in [3.63, 3.8) is 0 Å². The molecular formula is C21H18FNO3S2. The average molecular weight is 416 g/mol. The Morgan fingerprint density at radius 2 is 1.82 bits per heavy atom. The van der Waals surface area contributed by atoms with Crippen molar-refractivity contribution in [2.24, 2.45) is 0 Å². The lowest BCUT2D eigenvalue weighted by atomic mass is 10.2. The highest BCUT2D eigenvalue weighted by atomic mass is 32.2. The van der Waals surface area contributed by atoms with Crippen LogP contribution in [0.5, 0.6) is 0 Å². The number of ether oxygens (including phenoxy) is 1. The second kappa shape index (κ2) is 9.52. The number of carbonyl (C=O) groups is 2. The summed E-state index contributed by atoms with van der Waals surface area (Å²) in [6.07, 6.45) is 0. The van der Waals surface area contributed by atoms with Gasteiger partial charge in [-0.15, -0.1) is 23.1 Å². The molecule has 0 fully saturated rings. The second-order valence-electron chi connectivity index (χ2n) is 5.73. The van der Waals surface area contributed by atoms with E-state index in [1.807, 2.05) is 30.3 Å². The third kappa shape index (κ3) is 5.21. The SMILES string of the molecule is CCOC(=O)c1sc(-c2ccccc2)cc1NC(=O)CSc1ccc(F)cc1. The van der Waals surface area contributed by atoms with Crippen LogP contribution >= 0.6 is 23.1 Å². The van der Waals surface area contributed by atoms with E-state index >= 15 is 0 Å². The molecule has 1 heterocycles. The van der Waals surface area contributed by atoms with Gasteiger partial charge in [-0.3, -0.25) is 4.79 Å². The molecule has 0 aliphatic rings. The lowest BCUT2D eigenvalue weighted by molar-refractivity contribution is -0.113. The van der Waals surface area contributed by atoms with Crippen LogP contribution in [0.2, 0.25) is 0 Å². The van der Waals surface area contributed by atoms with Crippen LogP contribution in [0.25, 0.3) is 10.4 Å². The molecule has 0 aliphatic carbocycles. The minimum atomic E-state index is -0.462. The highest BCUT2D eigenvalue weighted by Gasteiger charge is 2.20. The number of hydrogen-bond donors (Lipinski definition) is 1. The summed E-state index contributed by atoms with van der Waals surface area (Å²) in [6, 6.07) is 17.4. The highest BCUT2D eigenvalue weighted by molar-refractivity contribution is 8.00. The van der Waals surface area contributed by atoms with E-state index in [9.17, 15) is 14.0 Å². The van der Waals surface area contributed by atoms with E-state index in [-0.39, 0.29) is 24.1 Å². The topological polar surface area (TPSA) is 55.4 Å². The molecule has 0 bridgehead atoms. The monoisotopic (exact) mass is 415 g/mol. The van der Waals surface area contributed by atoms with E-state index in [4.69, 9.17) is 4.74 Å². The Kier molecular flexibility index (Phi) is 6.84. The van der Waals surface area contributed by atoms with Gasteiger partial charge in [-0.05, 0) is 42.8 Å². The molecule has 4 nitrogen and oxygen atoms in total. The third-order valence-corrected chi connectivity index (χ3v) is 5.89. The van der Waals surface area contributed by atoms with Crippen molar-refractivity contribution in [2.45, 2.75) is 11.8 Å². The number of nitrogens with one attached hydrogen (secondary N) is 1. The van der Waals surface area contributed by atoms with Gasteiger partial charge in [-0.2, -0.15) is 0 Å². The molecule has 0 spiro atoms. The number of carbonyl (C=O) groups excluding carboxylic acids is 2. The molecule has 0 radical (unpaired) electrons. The molecule has 0 aliphatic heterocycles. The Morgan fingerprint density at radius 3 is 2.50 bits per heavy atom. The van der Waals surface area contributed by atoms with Crippen molar-refractivity contribution in [2.75, 3.05) is 17.7 Å². The summed E-state index contributed by atoms with van der Waals surface area (Å²) in [7, 11) is 0. The molecular weight excluding hydrogens is 397 g/mol. The Bertz CT molecular complexity index is 956. The maximum absolute atomic E-state index is 13.0. The maximum atomic E-state index is 13.0. The summed E-state index contributed by atoms with van der Waals surface area (Å²) >= 11 is 2.57. The standard InChI is InChI=1S/C21H18FNO3S2/c1-2-26-21(25)20-17(12-18(28-20)14-6-4-3-5-7-14)23-19(24)13-27-16-10-8-15(22)9-11-16/h3-12H,2,13H2,1H3,(H,23,24). The molecule has 0 saturated carbocycles. The molecule has 0 atom stereocenters. The van der Waals surface area contributed by atoms with Crippen molar-refractivity contribution in [1.82, 2.24) is 0 Å². The lowest BCUT2D eigenvalue weighted by Crippen LogP contribution is -2.16. The van der Waals surface area contributed by atoms with Crippen LogP contribution in [-0.4, -0.2) is 24.2 Å². The number of anilines is 1. The number of rotatable bonds is 7. The van der Waals surface area contributed by atoms with Crippen LogP contribution in [0.4, 0.5) is 10.1 Å². The first-order valence-electron chi connectivity index (χ1n) is 8.61. The Labute approximate surface area is 170 Å². The van der Waals surface area contributed by atoms with Crippen LogP contribution < -0.4 is 5.32 Å². The summed E-state index contributed by atoms with van der Waals surface area (Å²) in [5.41, 5.74) is 1.39. The van der Waals surface area contributed by atoms with Crippen LogP contribution in [0, 0.1) is 5.82 Å². The van der Waals surface area contributed by atoms with Crippen molar-refractivity contribution >= 4 is 40.7 Å². The zero-order valence-corrected chi connectivity index (χ0v) is 16.7. The molecule has 3 rings (SSSR count). The minimum Gasteiger partial charge on any atom is -0.462 e. The quantitative estimate of drug-likeness (QED) is 0.411. The van der Waals surface area contributed by atoms with Crippen LogP contribution in [0.1, 0.15) is 16.6 Å². The van der Waals surface area contributed by atoms with E-state index < -0.39 is 5.97 Å². The van der Waals surface area contributed by atoms with Gasteiger partial charge in [0.2, 0.25) is 5.91 Å². The molecule has 1 aromatic heterocycles. The van der Waals surface area contributed by atoms with E-state index in [1.165, 1.54) is 35.2 Å². The first-order chi connectivity index (χ1) is 13.6. The molecule has 1 N–H and O–H groups in total. The number of thioether (sulfide) groups is 1. The first-order valence-corrected chi connectivity index (χ1v) is 10.4. The highest BCUT2D eigenvalue weighted by Crippen LogP contribution is 2.35. The summed E-state index contributed by atoms with van der Waals surface area (Å²) in [6.45, 7) is 1.99. The van der Waals surface area contributed by atoms with Gasteiger partial charge >= 0.3 is 5.97 Å². The molecule has 144 valence electrons. The average Bonchev–Trinajstić information content (AvgIpc) is 3.12. The predicted octanol–water partition coefficient (Wildman–Crippen LogP) is 5.46. The van der Waals surface area contributed by atoms with Gasteiger partial charge in [0.25, 0.3) is 0 Å². The van der Waals surface area contributed by atoms with Gasteiger partial charge in [0.05, 0.1) is 18.0 Å². The first kappa shape index (κ1) is 20.1. The predicted molar refractivity (Wildman–Crippen MR) is 111 cm³/mol. The number of halogens is 1. The van der Waals surface area contributed by atoms with Crippen molar-refractivity contribution in [3.8, 4) is 10.4 Å². The van der Waals surface area contributed by atoms with Crippen LogP contribution in [0.15, 0.2) is 65.6 Å². The number of amides is 1. The molecule has 7 heteroatoms. The fraction of sp³-hybridized carbons (Fsp3) is 0.143.